The maximum atomic E-state index is 11.8. The van der Waals surface area contributed by atoms with Crippen LogP contribution in [-0.2, 0) is 9.59 Å². The first-order valence-corrected chi connectivity index (χ1v) is 6.82. The van der Waals surface area contributed by atoms with Crippen molar-refractivity contribution in [3.63, 3.8) is 0 Å². The Labute approximate surface area is 118 Å². The number of benzene rings is 1. The topological polar surface area (TPSA) is 66.4 Å². The molecular weight excluding hydrogens is 254 g/mol. The zero-order chi connectivity index (χ0) is 14.5. The van der Waals surface area contributed by atoms with Crippen molar-refractivity contribution < 1.29 is 14.7 Å². The second-order valence-corrected chi connectivity index (χ2v) is 5.30. The van der Waals surface area contributed by atoms with Crippen molar-refractivity contribution in [3.8, 4) is 0 Å². The van der Waals surface area contributed by atoms with Gasteiger partial charge in [0.05, 0.1) is 5.92 Å². The summed E-state index contributed by atoms with van der Waals surface area (Å²) in [7, 11) is 0. The summed E-state index contributed by atoms with van der Waals surface area (Å²) in [5, 5.41) is 11.8. The normalized spacial score (nSPS) is 22.1. The minimum absolute atomic E-state index is 0.0224. The van der Waals surface area contributed by atoms with Gasteiger partial charge in [0.15, 0.2) is 0 Å². The average molecular weight is 273 g/mol. The summed E-state index contributed by atoms with van der Waals surface area (Å²) in [5.74, 6) is -1.25. The molecule has 0 heterocycles. The van der Waals surface area contributed by atoms with E-state index in [9.17, 15) is 9.59 Å². The predicted octanol–water partition coefficient (Wildman–Crippen LogP) is 2.38. The number of carbonyl (C=O) groups is 2. The molecule has 1 saturated carbocycles. The van der Waals surface area contributed by atoms with Crippen LogP contribution in [0.1, 0.15) is 30.4 Å². The molecule has 0 radical (unpaired) electrons. The molecule has 1 aliphatic carbocycles. The molecule has 1 amide bonds. The van der Waals surface area contributed by atoms with Crippen LogP contribution >= 0.6 is 0 Å². The van der Waals surface area contributed by atoms with Gasteiger partial charge < -0.3 is 10.4 Å². The van der Waals surface area contributed by atoms with E-state index in [-0.39, 0.29) is 17.9 Å². The Hall–Kier alpha value is -2.10. The van der Waals surface area contributed by atoms with Crippen LogP contribution in [0, 0.1) is 12.8 Å². The number of aliphatic carboxylic acids is 1. The number of amides is 1. The van der Waals surface area contributed by atoms with E-state index in [1.165, 1.54) is 6.08 Å². The lowest BCUT2D eigenvalue weighted by Gasteiger charge is -2.10. The van der Waals surface area contributed by atoms with Gasteiger partial charge in [-0.05, 0) is 37.8 Å². The lowest BCUT2D eigenvalue weighted by atomic mass is 10.1. The molecule has 2 N–H and O–H groups in total. The van der Waals surface area contributed by atoms with Crippen LogP contribution in [-0.4, -0.2) is 23.0 Å². The van der Waals surface area contributed by atoms with Crippen LogP contribution in [0.4, 0.5) is 0 Å². The quantitative estimate of drug-likeness (QED) is 0.828. The van der Waals surface area contributed by atoms with Gasteiger partial charge in [0.2, 0.25) is 5.91 Å². The SMILES string of the molecule is Cc1cccc(C=CC(=O)NC2CCC(C(=O)O)C2)c1. The van der Waals surface area contributed by atoms with Gasteiger partial charge >= 0.3 is 5.97 Å². The zero-order valence-electron chi connectivity index (χ0n) is 11.5. The molecule has 0 bridgehead atoms. The van der Waals surface area contributed by atoms with Crippen molar-refractivity contribution >= 4 is 18.0 Å². The van der Waals surface area contributed by atoms with E-state index in [1.54, 1.807) is 6.08 Å². The Morgan fingerprint density at radius 3 is 2.80 bits per heavy atom. The van der Waals surface area contributed by atoms with E-state index in [0.717, 1.165) is 17.5 Å². The van der Waals surface area contributed by atoms with Crippen molar-refractivity contribution in [3.05, 3.63) is 41.5 Å². The van der Waals surface area contributed by atoms with Gasteiger partial charge in [-0.1, -0.05) is 29.8 Å². The highest BCUT2D eigenvalue weighted by molar-refractivity contribution is 5.92. The average Bonchev–Trinajstić information content (AvgIpc) is 2.85. The standard InChI is InChI=1S/C16H19NO3/c1-11-3-2-4-12(9-11)5-8-15(18)17-14-7-6-13(10-14)16(19)20/h2-5,8-9,13-14H,6-7,10H2,1H3,(H,17,18)(H,19,20). The van der Waals surface area contributed by atoms with E-state index in [2.05, 4.69) is 5.32 Å². The predicted molar refractivity (Wildman–Crippen MR) is 77.1 cm³/mol. The number of nitrogens with one attached hydrogen (secondary N) is 1. The van der Waals surface area contributed by atoms with Crippen LogP contribution in [0.2, 0.25) is 0 Å². The Bertz CT molecular complexity index is 536. The molecule has 4 nitrogen and oxygen atoms in total. The summed E-state index contributed by atoms with van der Waals surface area (Å²) in [6.45, 7) is 2.00. The highest BCUT2D eigenvalue weighted by atomic mass is 16.4. The number of carboxylic acid groups (broad SMARTS) is 1. The lowest BCUT2D eigenvalue weighted by Crippen LogP contribution is -2.31. The molecule has 1 aromatic rings. The van der Waals surface area contributed by atoms with Crippen molar-refractivity contribution in [1.82, 2.24) is 5.32 Å². The lowest BCUT2D eigenvalue weighted by molar-refractivity contribution is -0.141. The third kappa shape index (κ3) is 3.95. The van der Waals surface area contributed by atoms with Crippen molar-refractivity contribution in [2.75, 3.05) is 0 Å². The third-order valence-corrected chi connectivity index (χ3v) is 3.60. The summed E-state index contributed by atoms with van der Waals surface area (Å²) in [6, 6.07) is 7.86. The van der Waals surface area contributed by atoms with Crippen LogP contribution < -0.4 is 5.32 Å². The summed E-state index contributed by atoms with van der Waals surface area (Å²) >= 11 is 0. The van der Waals surface area contributed by atoms with Crippen LogP contribution in [0.3, 0.4) is 0 Å². The molecular formula is C16H19NO3. The van der Waals surface area contributed by atoms with Crippen molar-refractivity contribution in [2.45, 2.75) is 32.2 Å². The minimum Gasteiger partial charge on any atom is -0.481 e. The highest BCUT2D eigenvalue weighted by Crippen LogP contribution is 2.25. The van der Waals surface area contributed by atoms with Crippen molar-refractivity contribution in [1.29, 1.82) is 0 Å². The Morgan fingerprint density at radius 2 is 2.15 bits per heavy atom. The van der Waals surface area contributed by atoms with E-state index >= 15 is 0 Å². The number of aryl methyl sites for hydroxylation is 1. The van der Waals surface area contributed by atoms with E-state index in [1.807, 2.05) is 31.2 Å². The smallest absolute Gasteiger partial charge is 0.306 e. The molecule has 1 aliphatic rings. The first-order chi connectivity index (χ1) is 9.54. The molecule has 0 saturated heterocycles. The van der Waals surface area contributed by atoms with Crippen molar-refractivity contribution in [2.24, 2.45) is 5.92 Å². The molecule has 1 fully saturated rings. The summed E-state index contributed by atoms with van der Waals surface area (Å²) < 4.78 is 0. The first kappa shape index (κ1) is 14.3. The molecule has 0 aliphatic heterocycles. The van der Waals surface area contributed by atoms with Gasteiger partial charge in [-0.15, -0.1) is 0 Å². The maximum absolute atomic E-state index is 11.8. The first-order valence-electron chi connectivity index (χ1n) is 6.82. The molecule has 0 spiro atoms. The molecule has 20 heavy (non-hydrogen) atoms. The fraction of sp³-hybridized carbons (Fsp3) is 0.375. The number of hydrogen-bond donors (Lipinski definition) is 2. The summed E-state index contributed by atoms with van der Waals surface area (Å²) in [6.07, 6.45) is 5.18. The molecule has 2 atom stereocenters. The molecule has 0 aromatic heterocycles. The second-order valence-electron chi connectivity index (χ2n) is 5.30. The fourth-order valence-electron chi connectivity index (χ4n) is 2.53. The number of rotatable bonds is 4. The number of carbonyl (C=O) groups excluding carboxylic acids is 1. The molecule has 2 rings (SSSR count). The Balaban J connectivity index is 1.86. The van der Waals surface area contributed by atoms with Gasteiger partial charge in [-0.3, -0.25) is 9.59 Å². The van der Waals surface area contributed by atoms with Gasteiger partial charge in [0.25, 0.3) is 0 Å². The van der Waals surface area contributed by atoms with E-state index < -0.39 is 5.97 Å². The largest absolute Gasteiger partial charge is 0.481 e. The molecule has 2 unspecified atom stereocenters. The van der Waals surface area contributed by atoms with Gasteiger partial charge in [-0.2, -0.15) is 0 Å². The summed E-state index contributed by atoms with van der Waals surface area (Å²) in [4.78, 5) is 22.6. The highest BCUT2D eigenvalue weighted by Gasteiger charge is 2.30. The van der Waals surface area contributed by atoms with Gasteiger partial charge in [0.1, 0.15) is 0 Å². The van der Waals surface area contributed by atoms with Crippen LogP contribution in [0.25, 0.3) is 6.08 Å². The maximum Gasteiger partial charge on any atom is 0.306 e. The molecule has 4 heteroatoms. The third-order valence-electron chi connectivity index (χ3n) is 3.60. The molecule has 1 aromatic carbocycles. The van der Waals surface area contributed by atoms with Crippen LogP contribution in [0.15, 0.2) is 30.3 Å². The van der Waals surface area contributed by atoms with Gasteiger partial charge in [-0.25, -0.2) is 0 Å². The number of carboxylic acids is 1. The van der Waals surface area contributed by atoms with E-state index in [0.29, 0.717) is 12.8 Å². The van der Waals surface area contributed by atoms with Crippen LogP contribution in [0.5, 0.6) is 0 Å². The zero-order valence-corrected chi connectivity index (χ0v) is 11.5. The van der Waals surface area contributed by atoms with Gasteiger partial charge in [0, 0.05) is 12.1 Å². The molecule has 106 valence electrons. The summed E-state index contributed by atoms with van der Waals surface area (Å²) in [5.41, 5.74) is 2.13. The second kappa shape index (κ2) is 6.37. The number of hydrogen-bond acceptors (Lipinski definition) is 2. The minimum atomic E-state index is -0.767. The Kier molecular flexibility index (Phi) is 4.56. The monoisotopic (exact) mass is 273 g/mol. The van der Waals surface area contributed by atoms with E-state index in [4.69, 9.17) is 5.11 Å². The Morgan fingerprint density at radius 1 is 1.35 bits per heavy atom. The fourth-order valence-corrected chi connectivity index (χ4v) is 2.53.